The number of ether oxygens (including phenoxy) is 1. The van der Waals surface area contributed by atoms with Gasteiger partial charge >= 0.3 is 5.97 Å². The second-order valence-corrected chi connectivity index (χ2v) is 7.64. The predicted molar refractivity (Wildman–Crippen MR) is 85.8 cm³/mol. The summed E-state index contributed by atoms with van der Waals surface area (Å²) >= 11 is 5.83. The van der Waals surface area contributed by atoms with E-state index in [0.29, 0.717) is 0 Å². The monoisotopic (exact) mass is 363 g/mol. The van der Waals surface area contributed by atoms with E-state index < -0.39 is 27.8 Å². The summed E-state index contributed by atoms with van der Waals surface area (Å²) in [6.07, 6.45) is -0.222. The van der Waals surface area contributed by atoms with E-state index in [9.17, 15) is 18.0 Å². The molecular weight excluding hydrogens is 346 g/mol. The van der Waals surface area contributed by atoms with E-state index in [4.69, 9.17) is 21.4 Å². The highest BCUT2D eigenvalue weighted by Gasteiger charge is 2.24. The van der Waals surface area contributed by atoms with Crippen LogP contribution in [0.3, 0.4) is 0 Å². The van der Waals surface area contributed by atoms with E-state index in [-0.39, 0.29) is 34.3 Å². The van der Waals surface area contributed by atoms with E-state index in [1.165, 1.54) is 32.2 Å². The van der Waals surface area contributed by atoms with Crippen molar-refractivity contribution in [1.29, 1.82) is 0 Å². The fraction of sp³-hybridized carbons (Fsp3) is 0.429. The lowest BCUT2D eigenvalue weighted by atomic mass is 10.1. The van der Waals surface area contributed by atoms with Crippen molar-refractivity contribution in [3.8, 4) is 5.75 Å². The fourth-order valence-corrected chi connectivity index (χ4v) is 2.85. The number of halogens is 1. The maximum absolute atomic E-state index is 12.2. The average molecular weight is 364 g/mol. The van der Waals surface area contributed by atoms with Crippen LogP contribution >= 0.6 is 11.6 Å². The van der Waals surface area contributed by atoms with Crippen LogP contribution in [-0.4, -0.2) is 50.1 Å². The summed E-state index contributed by atoms with van der Waals surface area (Å²) < 4.78 is 28.0. The number of hydrogen-bond donors (Lipinski definition) is 2. The first-order valence-electron chi connectivity index (χ1n) is 6.77. The molecular formula is C14H18ClNO6S. The van der Waals surface area contributed by atoms with Gasteiger partial charge in [-0.1, -0.05) is 18.5 Å². The summed E-state index contributed by atoms with van der Waals surface area (Å²) in [5, 5.41) is 11.7. The van der Waals surface area contributed by atoms with Gasteiger partial charge in [-0.15, -0.1) is 0 Å². The molecule has 0 heterocycles. The minimum atomic E-state index is -3.33. The van der Waals surface area contributed by atoms with E-state index in [0.717, 1.165) is 0 Å². The maximum atomic E-state index is 12.2. The normalized spacial score (nSPS) is 12.5. The van der Waals surface area contributed by atoms with Crippen LogP contribution < -0.4 is 10.1 Å². The topological polar surface area (TPSA) is 110 Å². The van der Waals surface area contributed by atoms with Gasteiger partial charge in [0.15, 0.2) is 0 Å². The number of carbonyl (C=O) groups excluding carboxylic acids is 1. The molecule has 0 aliphatic rings. The summed E-state index contributed by atoms with van der Waals surface area (Å²) in [7, 11) is -1.96. The number of nitrogens with one attached hydrogen (secondary N) is 1. The smallest absolute Gasteiger partial charge is 0.326 e. The third-order valence-corrected chi connectivity index (χ3v) is 5.14. The average Bonchev–Trinajstić information content (AvgIpc) is 2.50. The Hall–Kier alpha value is -1.80. The molecule has 128 valence electrons. The second-order valence-electron chi connectivity index (χ2n) is 4.73. The van der Waals surface area contributed by atoms with Crippen LogP contribution in [0.4, 0.5) is 0 Å². The Morgan fingerprint density at radius 3 is 2.57 bits per heavy atom. The van der Waals surface area contributed by atoms with Crippen molar-refractivity contribution in [2.24, 2.45) is 0 Å². The molecule has 0 spiro atoms. The Bertz CT molecular complexity index is 689. The van der Waals surface area contributed by atoms with Gasteiger partial charge in [0, 0.05) is 10.8 Å². The van der Waals surface area contributed by atoms with Gasteiger partial charge in [0.1, 0.15) is 21.6 Å². The van der Waals surface area contributed by atoms with Gasteiger partial charge in [-0.25, -0.2) is 13.2 Å². The van der Waals surface area contributed by atoms with Crippen molar-refractivity contribution in [3.63, 3.8) is 0 Å². The Labute approximate surface area is 139 Å². The standard InChI is InChI=1S/C14H18ClNO6S/c1-3-23(20,21)7-6-11(14(18)19)16-13(17)10-8-9(15)4-5-12(10)22-2/h4-5,8,11H,3,6-7H2,1-2H3,(H,16,17)(H,18,19). The summed E-state index contributed by atoms with van der Waals surface area (Å²) in [4.78, 5) is 23.4. The third kappa shape index (κ3) is 5.72. The number of benzene rings is 1. The Morgan fingerprint density at radius 1 is 1.39 bits per heavy atom. The molecule has 1 rings (SSSR count). The molecule has 1 atom stereocenters. The van der Waals surface area contributed by atoms with E-state index in [2.05, 4.69) is 5.32 Å². The molecule has 9 heteroatoms. The van der Waals surface area contributed by atoms with Gasteiger partial charge in [0.2, 0.25) is 0 Å². The molecule has 1 amide bonds. The number of carboxylic acid groups (broad SMARTS) is 1. The van der Waals surface area contributed by atoms with Crippen LogP contribution in [0.2, 0.25) is 5.02 Å². The molecule has 1 unspecified atom stereocenters. The van der Waals surface area contributed by atoms with E-state index >= 15 is 0 Å². The summed E-state index contributed by atoms with van der Waals surface area (Å²) in [6.45, 7) is 1.47. The Balaban J connectivity index is 2.91. The van der Waals surface area contributed by atoms with Crippen LogP contribution in [0, 0.1) is 0 Å². The zero-order chi connectivity index (χ0) is 17.6. The summed E-state index contributed by atoms with van der Waals surface area (Å²) in [5.74, 6) is -2.20. The SMILES string of the molecule is CCS(=O)(=O)CCC(NC(=O)c1cc(Cl)ccc1OC)C(=O)O. The summed E-state index contributed by atoms with van der Waals surface area (Å²) in [5.41, 5.74) is 0.0737. The summed E-state index contributed by atoms with van der Waals surface area (Å²) in [6, 6.07) is 3.03. The van der Waals surface area contributed by atoms with Gasteiger partial charge in [-0.2, -0.15) is 0 Å². The Morgan fingerprint density at radius 2 is 2.04 bits per heavy atom. The quantitative estimate of drug-likeness (QED) is 0.721. The molecule has 0 radical (unpaired) electrons. The first kappa shape index (κ1) is 19.2. The number of sulfone groups is 1. The molecule has 0 aromatic heterocycles. The number of amides is 1. The first-order chi connectivity index (χ1) is 10.7. The molecule has 0 saturated heterocycles. The second kappa shape index (κ2) is 8.16. The highest BCUT2D eigenvalue weighted by Crippen LogP contribution is 2.22. The minimum Gasteiger partial charge on any atom is -0.496 e. The lowest BCUT2D eigenvalue weighted by Crippen LogP contribution is -2.42. The predicted octanol–water partition coefficient (Wildman–Crippen LogP) is 1.36. The van der Waals surface area contributed by atoms with Crippen molar-refractivity contribution in [2.75, 3.05) is 18.6 Å². The highest BCUT2D eigenvalue weighted by atomic mass is 35.5. The van der Waals surface area contributed by atoms with Crippen LogP contribution in [0.25, 0.3) is 0 Å². The first-order valence-corrected chi connectivity index (χ1v) is 8.97. The number of aliphatic carboxylic acids is 1. The van der Waals surface area contributed by atoms with Crippen molar-refractivity contribution >= 4 is 33.3 Å². The van der Waals surface area contributed by atoms with E-state index in [1.54, 1.807) is 0 Å². The molecule has 0 bridgehead atoms. The molecule has 0 fully saturated rings. The Kier molecular flexibility index (Phi) is 6.83. The highest BCUT2D eigenvalue weighted by molar-refractivity contribution is 7.91. The van der Waals surface area contributed by atoms with Gasteiger partial charge in [0.25, 0.3) is 5.91 Å². The van der Waals surface area contributed by atoms with Crippen LogP contribution in [0.15, 0.2) is 18.2 Å². The lowest BCUT2D eigenvalue weighted by molar-refractivity contribution is -0.139. The number of rotatable bonds is 8. The maximum Gasteiger partial charge on any atom is 0.326 e. The van der Waals surface area contributed by atoms with Gasteiger partial charge in [-0.3, -0.25) is 4.79 Å². The van der Waals surface area contributed by atoms with Crippen LogP contribution in [0.1, 0.15) is 23.7 Å². The fourth-order valence-electron chi connectivity index (χ4n) is 1.79. The van der Waals surface area contributed by atoms with Crippen molar-refractivity contribution in [2.45, 2.75) is 19.4 Å². The van der Waals surface area contributed by atoms with Gasteiger partial charge in [0.05, 0.1) is 18.4 Å². The van der Waals surface area contributed by atoms with Crippen molar-refractivity contribution < 1.29 is 27.9 Å². The largest absolute Gasteiger partial charge is 0.496 e. The van der Waals surface area contributed by atoms with Gasteiger partial charge in [-0.05, 0) is 24.6 Å². The molecule has 1 aromatic rings. The van der Waals surface area contributed by atoms with E-state index in [1.807, 2.05) is 0 Å². The molecule has 0 aliphatic heterocycles. The van der Waals surface area contributed by atoms with Crippen LogP contribution in [0.5, 0.6) is 5.75 Å². The number of hydrogen-bond acceptors (Lipinski definition) is 5. The number of carbonyl (C=O) groups is 2. The third-order valence-electron chi connectivity index (χ3n) is 3.17. The minimum absolute atomic E-state index is 0.0737. The van der Waals surface area contributed by atoms with Crippen molar-refractivity contribution in [1.82, 2.24) is 5.32 Å². The number of methoxy groups -OCH3 is 1. The molecule has 2 N–H and O–H groups in total. The number of carboxylic acids is 1. The van der Waals surface area contributed by atoms with Crippen molar-refractivity contribution in [3.05, 3.63) is 28.8 Å². The van der Waals surface area contributed by atoms with Gasteiger partial charge < -0.3 is 15.2 Å². The molecule has 7 nitrogen and oxygen atoms in total. The molecule has 0 saturated carbocycles. The molecule has 1 aromatic carbocycles. The zero-order valence-corrected chi connectivity index (χ0v) is 14.3. The molecule has 23 heavy (non-hydrogen) atoms. The van der Waals surface area contributed by atoms with Crippen LogP contribution in [-0.2, 0) is 14.6 Å². The lowest BCUT2D eigenvalue weighted by Gasteiger charge is -2.16. The molecule has 0 aliphatic carbocycles. The zero-order valence-electron chi connectivity index (χ0n) is 12.7.